The third-order valence-corrected chi connectivity index (χ3v) is 2.87. The molecular weight excluding hydrogens is 253 g/mol. The highest BCUT2D eigenvalue weighted by Gasteiger charge is 2.34. The van der Waals surface area contributed by atoms with E-state index in [1.165, 1.54) is 12.1 Å². The first kappa shape index (κ1) is 12.2. The molecule has 1 N–H and O–H groups in total. The molecule has 1 atom stereocenters. The molecule has 2 nitrogen and oxygen atoms in total. The van der Waals surface area contributed by atoms with E-state index in [0.29, 0.717) is 17.9 Å². The zero-order valence-electron chi connectivity index (χ0n) is 8.98. The minimum absolute atomic E-state index is 0.121. The molecule has 1 heterocycles. The van der Waals surface area contributed by atoms with Gasteiger partial charge in [0.1, 0.15) is 5.84 Å². The number of amidine groups is 1. The van der Waals surface area contributed by atoms with Crippen LogP contribution in [0.15, 0.2) is 23.2 Å². The van der Waals surface area contributed by atoms with Crippen LogP contribution in [0.5, 0.6) is 0 Å². The molecule has 2 rings (SSSR count). The monoisotopic (exact) mass is 262 g/mol. The lowest BCUT2D eigenvalue weighted by Crippen LogP contribution is -2.28. The molecule has 6 heteroatoms. The summed E-state index contributed by atoms with van der Waals surface area (Å²) < 4.78 is 37.9. The fourth-order valence-corrected chi connectivity index (χ4v) is 1.97. The molecule has 17 heavy (non-hydrogen) atoms. The Hall–Kier alpha value is -1.23. The Kier molecular flexibility index (Phi) is 3.03. The summed E-state index contributed by atoms with van der Waals surface area (Å²) in [6, 6.07) is 3.94. The first-order valence-electron chi connectivity index (χ1n) is 5.06. The number of rotatable bonds is 1. The van der Waals surface area contributed by atoms with E-state index in [0.717, 1.165) is 6.07 Å². The lowest BCUT2D eigenvalue weighted by Gasteiger charge is -2.13. The molecule has 1 unspecified atom stereocenters. The molecule has 1 aromatic rings. The van der Waals surface area contributed by atoms with Crippen molar-refractivity contribution in [3.8, 4) is 0 Å². The van der Waals surface area contributed by atoms with E-state index >= 15 is 0 Å². The third-order valence-electron chi connectivity index (χ3n) is 2.47. The second-order valence-electron chi connectivity index (χ2n) is 3.90. The largest absolute Gasteiger partial charge is 0.417 e. The molecule has 0 aromatic heterocycles. The number of benzene rings is 1. The number of halogens is 4. The molecule has 0 fully saturated rings. The predicted octanol–water partition coefficient (Wildman–Crippen LogP) is 3.10. The quantitative estimate of drug-likeness (QED) is 0.826. The molecule has 0 saturated carbocycles. The van der Waals surface area contributed by atoms with Crippen molar-refractivity contribution in [1.29, 1.82) is 0 Å². The average molecular weight is 263 g/mol. The van der Waals surface area contributed by atoms with Gasteiger partial charge >= 0.3 is 6.18 Å². The Morgan fingerprint density at radius 2 is 2.12 bits per heavy atom. The normalized spacial score (nSPS) is 20.1. The Morgan fingerprint density at radius 3 is 2.65 bits per heavy atom. The molecule has 0 saturated heterocycles. The van der Waals surface area contributed by atoms with Gasteiger partial charge in [-0.3, -0.25) is 4.99 Å². The van der Waals surface area contributed by atoms with Gasteiger partial charge in [0, 0.05) is 11.6 Å². The van der Waals surface area contributed by atoms with E-state index in [1.54, 1.807) is 0 Å². The van der Waals surface area contributed by atoms with Gasteiger partial charge in [0.15, 0.2) is 0 Å². The van der Waals surface area contributed by atoms with Crippen LogP contribution in [0.2, 0.25) is 5.02 Å². The summed E-state index contributed by atoms with van der Waals surface area (Å²) in [6.45, 7) is 2.44. The average Bonchev–Trinajstić information content (AvgIpc) is 2.63. The molecule has 1 aromatic carbocycles. The summed E-state index contributed by atoms with van der Waals surface area (Å²) in [5.74, 6) is 0.425. The molecule has 0 spiro atoms. The standard InChI is InChI=1S/C11H10ClF3N2/c1-6-5-16-10(17-6)7-3-2-4-8(9(7)12)11(13,14)15/h2-4,6H,5H2,1H3,(H,16,17). The van der Waals surface area contributed by atoms with Gasteiger partial charge in [-0.25, -0.2) is 0 Å². The predicted molar refractivity (Wildman–Crippen MR) is 60.5 cm³/mol. The third kappa shape index (κ3) is 2.39. The minimum Gasteiger partial charge on any atom is -0.366 e. The number of nitrogens with one attached hydrogen (secondary N) is 1. The first-order valence-corrected chi connectivity index (χ1v) is 5.44. The molecule has 92 valence electrons. The van der Waals surface area contributed by atoms with Gasteiger partial charge in [-0.1, -0.05) is 17.7 Å². The number of nitrogens with zero attached hydrogens (tertiary/aromatic N) is 1. The van der Waals surface area contributed by atoms with Gasteiger partial charge < -0.3 is 5.32 Å². The summed E-state index contributed by atoms with van der Waals surface area (Å²) >= 11 is 5.78. The van der Waals surface area contributed by atoms with Crippen molar-refractivity contribution in [2.45, 2.75) is 19.1 Å². The van der Waals surface area contributed by atoms with Crippen LogP contribution in [0, 0.1) is 0 Å². The lowest BCUT2D eigenvalue weighted by molar-refractivity contribution is -0.137. The Balaban J connectivity index is 2.44. The topological polar surface area (TPSA) is 24.4 Å². The van der Waals surface area contributed by atoms with Gasteiger partial charge in [0.25, 0.3) is 0 Å². The van der Waals surface area contributed by atoms with E-state index < -0.39 is 11.7 Å². The fraction of sp³-hybridized carbons (Fsp3) is 0.364. The smallest absolute Gasteiger partial charge is 0.366 e. The molecule has 1 aliphatic heterocycles. The minimum atomic E-state index is -4.45. The zero-order chi connectivity index (χ0) is 12.6. The van der Waals surface area contributed by atoms with E-state index in [-0.39, 0.29) is 11.1 Å². The second kappa shape index (κ2) is 4.22. The van der Waals surface area contributed by atoms with Crippen LogP contribution >= 0.6 is 11.6 Å². The van der Waals surface area contributed by atoms with E-state index in [1.807, 2.05) is 6.92 Å². The fourth-order valence-electron chi connectivity index (χ4n) is 1.65. The van der Waals surface area contributed by atoms with Gasteiger partial charge in [0.2, 0.25) is 0 Å². The second-order valence-corrected chi connectivity index (χ2v) is 4.28. The highest BCUT2D eigenvalue weighted by atomic mass is 35.5. The van der Waals surface area contributed by atoms with Gasteiger partial charge in [0.05, 0.1) is 17.1 Å². The van der Waals surface area contributed by atoms with Crippen LogP contribution in [0.1, 0.15) is 18.1 Å². The molecule has 0 amide bonds. The summed E-state index contributed by atoms with van der Waals surface area (Å²) in [4.78, 5) is 4.12. The Labute approximate surface area is 101 Å². The van der Waals surface area contributed by atoms with Crippen molar-refractivity contribution in [3.05, 3.63) is 34.3 Å². The maximum absolute atomic E-state index is 12.6. The molecule has 0 bridgehead atoms. The van der Waals surface area contributed by atoms with Crippen molar-refractivity contribution in [2.75, 3.05) is 6.54 Å². The van der Waals surface area contributed by atoms with Gasteiger partial charge in [-0.2, -0.15) is 13.2 Å². The number of hydrogen-bond donors (Lipinski definition) is 1. The van der Waals surface area contributed by atoms with Crippen LogP contribution in [0.3, 0.4) is 0 Å². The number of alkyl halides is 3. The lowest BCUT2D eigenvalue weighted by atomic mass is 10.1. The maximum atomic E-state index is 12.6. The van der Waals surface area contributed by atoms with Crippen molar-refractivity contribution in [3.63, 3.8) is 0 Å². The van der Waals surface area contributed by atoms with Crippen molar-refractivity contribution >= 4 is 17.4 Å². The summed E-state index contributed by atoms with van der Waals surface area (Å²) in [7, 11) is 0. The zero-order valence-corrected chi connectivity index (χ0v) is 9.73. The summed E-state index contributed by atoms with van der Waals surface area (Å²) in [6.07, 6.45) is -4.45. The van der Waals surface area contributed by atoms with Crippen molar-refractivity contribution < 1.29 is 13.2 Å². The number of hydrogen-bond acceptors (Lipinski definition) is 2. The van der Waals surface area contributed by atoms with Crippen LogP contribution in [-0.2, 0) is 6.18 Å². The molecule has 0 radical (unpaired) electrons. The van der Waals surface area contributed by atoms with Crippen LogP contribution in [0.4, 0.5) is 13.2 Å². The Morgan fingerprint density at radius 1 is 1.41 bits per heavy atom. The first-order chi connectivity index (χ1) is 7.89. The van der Waals surface area contributed by atoms with Crippen LogP contribution in [-0.4, -0.2) is 18.4 Å². The highest BCUT2D eigenvalue weighted by Crippen LogP contribution is 2.36. The summed E-state index contributed by atoms with van der Waals surface area (Å²) in [5, 5.41) is 2.68. The molecular formula is C11H10ClF3N2. The van der Waals surface area contributed by atoms with Crippen molar-refractivity contribution in [1.82, 2.24) is 5.32 Å². The van der Waals surface area contributed by atoms with E-state index in [2.05, 4.69) is 10.3 Å². The van der Waals surface area contributed by atoms with Crippen LogP contribution < -0.4 is 5.32 Å². The van der Waals surface area contributed by atoms with E-state index in [9.17, 15) is 13.2 Å². The maximum Gasteiger partial charge on any atom is 0.417 e. The van der Waals surface area contributed by atoms with Crippen LogP contribution in [0.25, 0.3) is 0 Å². The van der Waals surface area contributed by atoms with Crippen molar-refractivity contribution in [2.24, 2.45) is 4.99 Å². The summed E-state index contributed by atoms with van der Waals surface area (Å²) in [5.41, 5.74) is -0.536. The molecule has 0 aliphatic carbocycles. The Bertz CT molecular complexity index is 468. The van der Waals surface area contributed by atoms with E-state index in [4.69, 9.17) is 11.6 Å². The van der Waals surface area contributed by atoms with Gasteiger partial charge in [-0.05, 0) is 19.1 Å². The SMILES string of the molecule is CC1CN=C(c2cccc(C(F)(F)F)c2Cl)N1. The molecule has 1 aliphatic rings. The number of aliphatic imine (C=N–C) groups is 1. The highest BCUT2D eigenvalue weighted by molar-refractivity contribution is 6.35. The van der Waals surface area contributed by atoms with Gasteiger partial charge in [-0.15, -0.1) is 0 Å².